The van der Waals surface area contributed by atoms with Gasteiger partial charge in [-0.15, -0.1) is 0 Å². The fourth-order valence-electron chi connectivity index (χ4n) is 1.93. The number of esters is 1. The molecule has 0 saturated carbocycles. The van der Waals surface area contributed by atoms with Crippen molar-refractivity contribution in [1.82, 2.24) is 10.6 Å². The highest BCUT2D eigenvalue weighted by atomic mass is 19.1. The van der Waals surface area contributed by atoms with Gasteiger partial charge in [0.25, 0.3) is 0 Å². The Morgan fingerprint density at radius 3 is 2.58 bits per heavy atom. The van der Waals surface area contributed by atoms with Crippen LogP contribution in [0.15, 0.2) is 54.7 Å². The van der Waals surface area contributed by atoms with E-state index in [9.17, 15) is 14.0 Å². The van der Waals surface area contributed by atoms with Crippen LogP contribution < -0.4 is 10.6 Å². The molecule has 2 aromatic rings. The van der Waals surface area contributed by atoms with Gasteiger partial charge in [-0.3, -0.25) is 0 Å². The van der Waals surface area contributed by atoms with Gasteiger partial charge in [-0.05, 0) is 41.5 Å². The molecule has 124 valence electrons. The molecule has 2 N–H and O–H groups in total. The third-order valence-corrected chi connectivity index (χ3v) is 3.17. The van der Waals surface area contributed by atoms with Gasteiger partial charge in [0.1, 0.15) is 5.82 Å². The Bertz CT molecular complexity index is 742. The van der Waals surface area contributed by atoms with Gasteiger partial charge in [-0.2, -0.15) is 0 Å². The highest BCUT2D eigenvalue weighted by Crippen LogP contribution is 2.06. The average Bonchev–Trinajstić information content (AvgIpc) is 2.60. The topological polar surface area (TPSA) is 67.4 Å². The predicted octanol–water partition coefficient (Wildman–Crippen LogP) is 3.08. The van der Waals surface area contributed by atoms with Crippen LogP contribution in [0.25, 0.3) is 6.08 Å². The van der Waals surface area contributed by atoms with E-state index in [2.05, 4.69) is 15.4 Å². The van der Waals surface area contributed by atoms with Crippen LogP contribution in [0, 0.1) is 5.82 Å². The molecule has 6 heteroatoms. The summed E-state index contributed by atoms with van der Waals surface area (Å²) >= 11 is 0. The van der Waals surface area contributed by atoms with Gasteiger partial charge in [0.05, 0.1) is 12.7 Å². The standard InChI is InChI=1S/C18H17FN2O3/c1-24-17(22)15-7-5-14(6-8-15)12-21-18(23)20-10-9-13-3-2-4-16(19)11-13/h2-11H,12H2,1H3,(H2,20,21,23)/b10-9+. The molecule has 0 aliphatic heterocycles. The van der Waals surface area contributed by atoms with E-state index >= 15 is 0 Å². The van der Waals surface area contributed by atoms with E-state index in [4.69, 9.17) is 0 Å². The van der Waals surface area contributed by atoms with Crippen molar-refractivity contribution in [2.75, 3.05) is 7.11 Å². The van der Waals surface area contributed by atoms with E-state index in [0.29, 0.717) is 17.7 Å². The summed E-state index contributed by atoms with van der Waals surface area (Å²) < 4.78 is 17.6. The highest BCUT2D eigenvalue weighted by Gasteiger charge is 2.04. The minimum atomic E-state index is -0.408. The van der Waals surface area contributed by atoms with Gasteiger partial charge in [-0.1, -0.05) is 24.3 Å². The molecule has 5 nitrogen and oxygen atoms in total. The van der Waals surface area contributed by atoms with E-state index in [-0.39, 0.29) is 11.8 Å². The fourth-order valence-corrected chi connectivity index (χ4v) is 1.93. The first kappa shape index (κ1) is 17.2. The molecule has 0 aromatic heterocycles. The molecule has 0 bridgehead atoms. The largest absolute Gasteiger partial charge is 0.465 e. The monoisotopic (exact) mass is 328 g/mol. The van der Waals surface area contributed by atoms with E-state index in [1.165, 1.54) is 25.4 Å². The average molecular weight is 328 g/mol. The van der Waals surface area contributed by atoms with Crippen LogP contribution in [-0.4, -0.2) is 19.1 Å². The highest BCUT2D eigenvalue weighted by molar-refractivity contribution is 5.89. The van der Waals surface area contributed by atoms with Gasteiger partial charge in [0.2, 0.25) is 0 Å². The molecule has 0 aliphatic rings. The maximum absolute atomic E-state index is 13.0. The van der Waals surface area contributed by atoms with Crippen molar-refractivity contribution in [3.05, 3.63) is 77.2 Å². The van der Waals surface area contributed by atoms with Crippen LogP contribution in [0.3, 0.4) is 0 Å². The van der Waals surface area contributed by atoms with E-state index in [0.717, 1.165) is 5.56 Å². The van der Waals surface area contributed by atoms with Crippen molar-refractivity contribution in [3.63, 3.8) is 0 Å². The van der Waals surface area contributed by atoms with Crippen molar-refractivity contribution in [1.29, 1.82) is 0 Å². The Kier molecular flexibility index (Phi) is 6.08. The lowest BCUT2D eigenvalue weighted by molar-refractivity contribution is 0.0600. The first-order chi connectivity index (χ1) is 11.6. The molecule has 0 unspecified atom stereocenters. The van der Waals surface area contributed by atoms with Crippen molar-refractivity contribution >= 4 is 18.1 Å². The lowest BCUT2D eigenvalue weighted by atomic mass is 10.1. The normalized spacial score (nSPS) is 10.4. The van der Waals surface area contributed by atoms with Crippen LogP contribution in [0.1, 0.15) is 21.5 Å². The number of carbonyl (C=O) groups is 2. The minimum Gasteiger partial charge on any atom is -0.465 e. The minimum absolute atomic E-state index is 0.307. The maximum Gasteiger partial charge on any atom is 0.337 e. The van der Waals surface area contributed by atoms with E-state index in [1.54, 1.807) is 42.5 Å². The number of urea groups is 1. The molecule has 0 atom stereocenters. The van der Waals surface area contributed by atoms with Crippen molar-refractivity contribution in [2.45, 2.75) is 6.54 Å². The van der Waals surface area contributed by atoms with Crippen LogP contribution in [0.2, 0.25) is 0 Å². The van der Waals surface area contributed by atoms with Gasteiger partial charge < -0.3 is 15.4 Å². The Labute approximate surface area is 139 Å². The number of nitrogens with one attached hydrogen (secondary N) is 2. The lowest BCUT2D eigenvalue weighted by Gasteiger charge is -2.05. The summed E-state index contributed by atoms with van der Waals surface area (Å²) in [5.74, 6) is -0.744. The molecular weight excluding hydrogens is 311 g/mol. The zero-order valence-corrected chi connectivity index (χ0v) is 13.1. The Morgan fingerprint density at radius 2 is 1.92 bits per heavy atom. The summed E-state index contributed by atoms with van der Waals surface area (Å²) in [4.78, 5) is 23.0. The van der Waals surface area contributed by atoms with E-state index in [1.807, 2.05) is 0 Å². The van der Waals surface area contributed by atoms with Crippen molar-refractivity contribution in [3.8, 4) is 0 Å². The molecule has 0 aliphatic carbocycles. The number of hydrogen-bond acceptors (Lipinski definition) is 3. The second-order valence-corrected chi connectivity index (χ2v) is 4.90. The summed E-state index contributed by atoms with van der Waals surface area (Å²) in [5.41, 5.74) is 1.93. The summed E-state index contributed by atoms with van der Waals surface area (Å²) in [6.07, 6.45) is 3.03. The van der Waals surface area contributed by atoms with Crippen LogP contribution in [-0.2, 0) is 11.3 Å². The smallest absolute Gasteiger partial charge is 0.337 e. The molecule has 24 heavy (non-hydrogen) atoms. The molecule has 0 spiro atoms. The predicted molar refractivity (Wildman–Crippen MR) is 88.6 cm³/mol. The van der Waals surface area contributed by atoms with Gasteiger partial charge in [-0.25, -0.2) is 14.0 Å². The zero-order valence-electron chi connectivity index (χ0n) is 13.1. The molecule has 0 radical (unpaired) electrons. The Morgan fingerprint density at radius 1 is 1.17 bits per heavy atom. The van der Waals surface area contributed by atoms with Gasteiger partial charge in [0, 0.05) is 12.7 Å². The number of rotatable bonds is 5. The summed E-state index contributed by atoms with van der Waals surface area (Å²) in [7, 11) is 1.32. The first-order valence-corrected chi connectivity index (χ1v) is 7.22. The summed E-state index contributed by atoms with van der Waals surface area (Å²) in [6, 6.07) is 12.4. The molecule has 0 heterocycles. The number of ether oxygens (including phenoxy) is 1. The number of amides is 2. The maximum atomic E-state index is 13.0. The lowest BCUT2D eigenvalue weighted by Crippen LogP contribution is -2.31. The van der Waals surface area contributed by atoms with Crippen LogP contribution in [0.5, 0.6) is 0 Å². The quantitative estimate of drug-likeness (QED) is 0.829. The van der Waals surface area contributed by atoms with Gasteiger partial charge >= 0.3 is 12.0 Å². The molecular formula is C18H17FN2O3. The first-order valence-electron chi connectivity index (χ1n) is 7.22. The van der Waals surface area contributed by atoms with Gasteiger partial charge in [0.15, 0.2) is 0 Å². The Hall–Kier alpha value is -3.15. The number of hydrogen-bond donors (Lipinski definition) is 2. The Balaban J connectivity index is 1.79. The molecule has 0 saturated heterocycles. The van der Waals surface area contributed by atoms with Crippen LogP contribution >= 0.6 is 0 Å². The molecule has 2 rings (SSSR count). The van der Waals surface area contributed by atoms with Crippen molar-refractivity contribution in [2.24, 2.45) is 0 Å². The SMILES string of the molecule is COC(=O)c1ccc(CNC(=O)N/C=C/c2cccc(F)c2)cc1. The number of carbonyl (C=O) groups excluding carboxylic acids is 2. The number of halogens is 1. The second-order valence-electron chi connectivity index (χ2n) is 4.90. The number of benzene rings is 2. The van der Waals surface area contributed by atoms with Crippen LogP contribution in [0.4, 0.5) is 9.18 Å². The molecule has 2 amide bonds. The third-order valence-electron chi connectivity index (χ3n) is 3.17. The van der Waals surface area contributed by atoms with Crippen molar-refractivity contribution < 1.29 is 18.7 Å². The summed E-state index contributed by atoms with van der Waals surface area (Å²) in [5, 5.41) is 5.20. The van der Waals surface area contributed by atoms with E-state index < -0.39 is 5.97 Å². The zero-order chi connectivity index (χ0) is 17.4. The number of methoxy groups -OCH3 is 1. The molecule has 2 aromatic carbocycles. The fraction of sp³-hybridized carbons (Fsp3) is 0.111. The second kappa shape index (κ2) is 8.47. The molecule has 0 fully saturated rings. The third kappa shape index (κ3) is 5.24. The summed E-state index contributed by atoms with van der Waals surface area (Å²) in [6.45, 7) is 0.307.